The molecule has 0 aliphatic heterocycles. The Morgan fingerprint density at radius 3 is 2.79 bits per heavy atom. The van der Waals surface area contributed by atoms with Crippen LogP contribution in [0.2, 0.25) is 0 Å². The zero-order chi connectivity index (χ0) is 17.5. The van der Waals surface area contributed by atoms with Crippen LogP contribution >= 0.6 is 0 Å². The van der Waals surface area contributed by atoms with Gasteiger partial charge in [-0.15, -0.1) is 0 Å². The van der Waals surface area contributed by atoms with Crippen molar-refractivity contribution in [1.82, 2.24) is 15.2 Å². The van der Waals surface area contributed by atoms with Crippen LogP contribution in [0.5, 0.6) is 5.75 Å². The van der Waals surface area contributed by atoms with Crippen LogP contribution in [0.25, 0.3) is 0 Å². The summed E-state index contributed by atoms with van der Waals surface area (Å²) >= 11 is 0. The molecule has 0 saturated carbocycles. The first kappa shape index (κ1) is 17.7. The molecule has 1 aromatic heterocycles. The van der Waals surface area contributed by atoms with E-state index in [1.54, 1.807) is 36.5 Å². The van der Waals surface area contributed by atoms with Crippen LogP contribution in [0.1, 0.15) is 25.5 Å². The van der Waals surface area contributed by atoms with Crippen LogP contribution in [0.3, 0.4) is 0 Å². The molecular formula is C18H22FN3O2. The highest BCUT2D eigenvalue weighted by molar-refractivity contribution is 5.74. The van der Waals surface area contributed by atoms with Gasteiger partial charge in [0.1, 0.15) is 17.7 Å². The average molecular weight is 331 g/mol. The number of aromatic nitrogens is 1. The van der Waals surface area contributed by atoms with Crippen LogP contribution in [0, 0.1) is 5.82 Å². The van der Waals surface area contributed by atoms with Crippen molar-refractivity contribution in [3.05, 3.63) is 60.2 Å². The highest BCUT2D eigenvalue weighted by atomic mass is 19.1. The number of carbonyl (C=O) groups excluding carboxylic acids is 1. The number of rotatable bonds is 6. The maximum Gasteiger partial charge on any atom is 0.317 e. The largest absolute Gasteiger partial charge is 0.489 e. The smallest absolute Gasteiger partial charge is 0.317 e. The van der Waals surface area contributed by atoms with Crippen molar-refractivity contribution < 1.29 is 13.9 Å². The molecule has 0 spiro atoms. The lowest BCUT2D eigenvalue weighted by Gasteiger charge is -2.26. The number of nitrogens with zero attached hydrogens (tertiary/aromatic N) is 2. The molecule has 0 saturated heterocycles. The van der Waals surface area contributed by atoms with Gasteiger partial charge in [-0.2, -0.15) is 0 Å². The summed E-state index contributed by atoms with van der Waals surface area (Å²) in [7, 11) is 1.73. The molecule has 128 valence electrons. The molecule has 0 radical (unpaired) electrons. The van der Waals surface area contributed by atoms with Gasteiger partial charge < -0.3 is 15.0 Å². The molecule has 2 rings (SSSR count). The lowest BCUT2D eigenvalue weighted by Crippen LogP contribution is -2.42. The number of hydrogen-bond acceptors (Lipinski definition) is 3. The quantitative estimate of drug-likeness (QED) is 0.883. The van der Waals surface area contributed by atoms with E-state index < -0.39 is 0 Å². The second-order valence-electron chi connectivity index (χ2n) is 5.65. The minimum Gasteiger partial charge on any atom is -0.489 e. The lowest BCUT2D eigenvalue weighted by atomic mass is 10.1. The molecule has 0 bridgehead atoms. The molecule has 0 fully saturated rings. The van der Waals surface area contributed by atoms with Gasteiger partial charge in [0, 0.05) is 25.5 Å². The predicted molar refractivity (Wildman–Crippen MR) is 90.3 cm³/mol. The Morgan fingerprint density at radius 1 is 1.33 bits per heavy atom. The van der Waals surface area contributed by atoms with Crippen LogP contribution in [-0.4, -0.2) is 35.6 Å². The molecule has 2 aromatic rings. The minimum absolute atomic E-state index is 0.0989. The zero-order valence-corrected chi connectivity index (χ0v) is 14.1. The van der Waals surface area contributed by atoms with Crippen molar-refractivity contribution in [2.24, 2.45) is 0 Å². The normalized spacial score (nSPS) is 13.0. The van der Waals surface area contributed by atoms with Gasteiger partial charge in [0.2, 0.25) is 0 Å². The summed E-state index contributed by atoms with van der Waals surface area (Å²) in [4.78, 5) is 17.9. The van der Waals surface area contributed by atoms with Crippen LogP contribution in [0.4, 0.5) is 9.18 Å². The Balaban J connectivity index is 1.83. The summed E-state index contributed by atoms with van der Waals surface area (Å²) in [5.41, 5.74) is 0.958. The minimum atomic E-state index is -0.353. The Labute approximate surface area is 141 Å². The summed E-state index contributed by atoms with van der Waals surface area (Å²) in [5.74, 6) is 0.0857. The van der Waals surface area contributed by atoms with Crippen molar-refractivity contribution in [3.8, 4) is 5.75 Å². The zero-order valence-electron chi connectivity index (χ0n) is 14.1. The molecule has 2 atom stereocenters. The first-order valence-corrected chi connectivity index (χ1v) is 7.80. The topological polar surface area (TPSA) is 54.5 Å². The molecule has 0 unspecified atom stereocenters. The van der Waals surface area contributed by atoms with Gasteiger partial charge in [0.25, 0.3) is 0 Å². The molecule has 0 aliphatic carbocycles. The molecule has 1 N–H and O–H groups in total. The van der Waals surface area contributed by atoms with E-state index in [2.05, 4.69) is 10.3 Å². The Morgan fingerprint density at radius 2 is 2.12 bits per heavy atom. The van der Waals surface area contributed by atoms with E-state index in [0.717, 1.165) is 5.56 Å². The van der Waals surface area contributed by atoms with E-state index in [1.807, 2.05) is 26.0 Å². The number of amides is 2. The predicted octanol–water partition coefficient (Wildman–Crippen LogP) is 3.39. The summed E-state index contributed by atoms with van der Waals surface area (Å²) in [5, 5.41) is 2.82. The monoisotopic (exact) mass is 331 g/mol. The van der Waals surface area contributed by atoms with Gasteiger partial charge in [-0.25, -0.2) is 9.18 Å². The van der Waals surface area contributed by atoms with Crippen molar-refractivity contribution in [2.45, 2.75) is 26.0 Å². The molecule has 2 amide bonds. The molecular weight excluding hydrogens is 309 g/mol. The number of hydrogen-bond donors (Lipinski definition) is 1. The number of pyridine rings is 1. The van der Waals surface area contributed by atoms with E-state index in [9.17, 15) is 9.18 Å². The average Bonchev–Trinajstić information content (AvgIpc) is 2.59. The fraction of sp³-hybridized carbons (Fsp3) is 0.333. The Hall–Kier alpha value is -2.63. The molecule has 1 aromatic carbocycles. The fourth-order valence-electron chi connectivity index (χ4n) is 2.19. The van der Waals surface area contributed by atoms with Crippen LogP contribution in [-0.2, 0) is 0 Å². The van der Waals surface area contributed by atoms with Crippen LogP contribution in [0.15, 0.2) is 48.8 Å². The Bertz CT molecular complexity index is 666. The van der Waals surface area contributed by atoms with Gasteiger partial charge in [-0.1, -0.05) is 12.1 Å². The highest BCUT2D eigenvalue weighted by Gasteiger charge is 2.18. The van der Waals surface area contributed by atoms with E-state index in [0.29, 0.717) is 12.3 Å². The number of halogens is 1. The number of ether oxygens (including phenoxy) is 1. The second-order valence-corrected chi connectivity index (χ2v) is 5.65. The summed E-state index contributed by atoms with van der Waals surface area (Å²) in [6.07, 6.45) is 3.16. The second kappa shape index (κ2) is 8.29. The maximum atomic E-state index is 13.1. The summed E-state index contributed by atoms with van der Waals surface area (Å²) in [6.45, 7) is 4.07. The van der Waals surface area contributed by atoms with Crippen molar-refractivity contribution in [3.63, 3.8) is 0 Å². The SMILES string of the molecule is C[C@@H](CNC(=O)N(C)[C@@H](C)c1cccnc1)Oc1cccc(F)c1. The molecule has 1 heterocycles. The van der Waals surface area contributed by atoms with Crippen molar-refractivity contribution >= 4 is 6.03 Å². The van der Waals surface area contributed by atoms with Crippen molar-refractivity contribution in [2.75, 3.05) is 13.6 Å². The molecule has 6 heteroatoms. The van der Waals surface area contributed by atoms with E-state index in [1.165, 1.54) is 12.1 Å². The van der Waals surface area contributed by atoms with Crippen LogP contribution < -0.4 is 10.1 Å². The molecule has 5 nitrogen and oxygen atoms in total. The number of benzene rings is 1. The van der Waals surface area contributed by atoms with Gasteiger partial charge in [0.05, 0.1) is 12.6 Å². The molecule has 0 aliphatic rings. The van der Waals surface area contributed by atoms with Gasteiger partial charge in [-0.05, 0) is 37.6 Å². The van der Waals surface area contributed by atoms with Gasteiger partial charge in [-0.3, -0.25) is 4.98 Å². The fourth-order valence-corrected chi connectivity index (χ4v) is 2.19. The lowest BCUT2D eigenvalue weighted by molar-refractivity contribution is 0.179. The summed E-state index contributed by atoms with van der Waals surface area (Å²) in [6, 6.07) is 9.39. The van der Waals surface area contributed by atoms with E-state index in [4.69, 9.17) is 4.74 Å². The highest BCUT2D eigenvalue weighted by Crippen LogP contribution is 2.17. The van der Waals surface area contributed by atoms with E-state index >= 15 is 0 Å². The molecule has 24 heavy (non-hydrogen) atoms. The Kier molecular flexibility index (Phi) is 6.12. The standard InChI is InChI=1S/C18H22FN3O2/c1-13(24-17-8-4-7-16(19)10-17)11-21-18(23)22(3)14(2)15-6-5-9-20-12-15/h4-10,12-14H,11H2,1-3H3,(H,21,23)/t13-,14-/m0/s1. The number of carbonyl (C=O) groups is 1. The third-order valence-corrected chi connectivity index (χ3v) is 3.74. The summed E-state index contributed by atoms with van der Waals surface area (Å²) < 4.78 is 18.7. The maximum absolute atomic E-state index is 13.1. The third-order valence-electron chi connectivity index (χ3n) is 3.74. The number of nitrogens with one attached hydrogen (secondary N) is 1. The van der Waals surface area contributed by atoms with Gasteiger partial charge >= 0.3 is 6.03 Å². The first-order valence-electron chi connectivity index (χ1n) is 7.80. The van der Waals surface area contributed by atoms with E-state index in [-0.39, 0.29) is 24.0 Å². The third kappa shape index (κ3) is 4.94. The van der Waals surface area contributed by atoms with Gasteiger partial charge in [0.15, 0.2) is 0 Å². The van der Waals surface area contributed by atoms with Crippen molar-refractivity contribution in [1.29, 1.82) is 0 Å². The number of urea groups is 1. The first-order chi connectivity index (χ1) is 11.5.